The van der Waals surface area contributed by atoms with Crippen molar-refractivity contribution >= 4 is 41.5 Å². The van der Waals surface area contributed by atoms with E-state index in [1.54, 1.807) is 12.1 Å². The van der Waals surface area contributed by atoms with E-state index in [9.17, 15) is 9.18 Å². The van der Waals surface area contributed by atoms with Crippen LogP contribution in [0, 0.1) is 11.7 Å². The molecule has 1 aromatic rings. The Morgan fingerprint density at radius 2 is 1.85 bits per heavy atom. The van der Waals surface area contributed by atoms with Gasteiger partial charge in [0, 0.05) is 51.4 Å². The molecule has 26 heavy (non-hydrogen) atoms. The molecule has 0 bridgehead atoms. The fourth-order valence-electron chi connectivity index (χ4n) is 2.66. The molecule has 0 unspecified atom stereocenters. The van der Waals surface area contributed by atoms with E-state index >= 15 is 0 Å². The molecule has 1 aliphatic rings. The van der Waals surface area contributed by atoms with Gasteiger partial charge in [-0.15, -0.1) is 24.0 Å². The Hall–Kier alpha value is -1.58. The van der Waals surface area contributed by atoms with Gasteiger partial charge in [0.05, 0.1) is 0 Å². The lowest BCUT2D eigenvalue weighted by Crippen LogP contribution is -2.49. The third-order valence-electron chi connectivity index (χ3n) is 4.10. The van der Waals surface area contributed by atoms with Crippen molar-refractivity contribution in [2.24, 2.45) is 16.6 Å². The first kappa shape index (κ1) is 22.5. The fraction of sp³-hybridized carbons (Fsp3) is 0.556. The Morgan fingerprint density at radius 3 is 2.42 bits per heavy atom. The van der Waals surface area contributed by atoms with Gasteiger partial charge in [-0.3, -0.25) is 9.79 Å². The summed E-state index contributed by atoms with van der Waals surface area (Å²) < 4.78 is 13.0. The minimum absolute atomic E-state index is 0. The van der Waals surface area contributed by atoms with Crippen LogP contribution < -0.4 is 16.0 Å². The molecule has 146 valence electrons. The van der Waals surface area contributed by atoms with Crippen molar-refractivity contribution in [1.29, 1.82) is 0 Å². The summed E-state index contributed by atoms with van der Waals surface area (Å²) in [6.45, 7) is 8.17. The lowest BCUT2D eigenvalue weighted by Gasteiger charge is -2.36. The molecule has 0 aliphatic carbocycles. The van der Waals surface area contributed by atoms with Gasteiger partial charge >= 0.3 is 0 Å². The van der Waals surface area contributed by atoms with Gasteiger partial charge < -0.3 is 20.9 Å². The van der Waals surface area contributed by atoms with Crippen LogP contribution in [-0.2, 0) is 4.79 Å². The second-order valence-corrected chi connectivity index (χ2v) is 6.64. The number of benzene rings is 1. The van der Waals surface area contributed by atoms with Crippen LogP contribution in [-0.4, -0.2) is 56.0 Å². The molecule has 8 heteroatoms. The van der Waals surface area contributed by atoms with Crippen LogP contribution in [0.4, 0.5) is 10.1 Å². The number of hydrogen-bond donors (Lipinski definition) is 2. The SMILES string of the molecule is CC(C)CN=C(N)NCCC(=O)N1CCN(c2ccc(F)cc2)CC1.I. The number of carbonyl (C=O) groups excluding carboxylic acids is 1. The van der Waals surface area contributed by atoms with E-state index in [0.717, 1.165) is 18.8 Å². The van der Waals surface area contributed by atoms with Gasteiger partial charge in [0.25, 0.3) is 0 Å². The van der Waals surface area contributed by atoms with Crippen LogP contribution in [0.3, 0.4) is 0 Å². The second-order valence-electron chi connectivity index (χ2n) is 6.64. The Morgan fingerprint density at radius 1 is 1.23 bits per heavy atom. The number of guanidine groups is 1. The quantitative estimate of drug-likeness (QED) is 0.374. The molecule has 0 spiro atoms. The third kappa shape index (κ3) is 7.35. The molecule has 1 amide bonds. The number of rotatable bonds is 6. The van der Waals surface area contributed by atoms with Gasteiger partial charge in [0.1, 0.15) is 5.82 Å². The number of halogens is 2. The summed E-state index contributed by atoms with van der Waals surface area (Å²) in [6, 6.07) is 6.47. The zero-order chi connectivity index (χ0) is 18.2. The molecular formula is C18H29FIN5O. The summed E-state index contributed by atoms with van der Waals surface area (Å²) >= 11 is 0. The number of piperazine rings is 1. The molecule has 0 atom stereocenters. The van der Waals surface area contributed by atoms with Crippen molar-refractivity contribution in [2.45, 2.75) is 20.3 Å². The summed E-state index contributed by atoms with van der Waals surface area (Å²) in [6.07, 6.45) is 0.397. The van der Waals surface area contributed by atoms with Crippen molar-refractivity contribution in [3.8, 4) is 0 Å². The average molecular weight is 477 g/mol. The van der Waals surface area contributed by atoms with Crippen molar-refractivity contribution in [2.75, 3.05) is 44.2 Å². The van der Waals surface area contributed by atoms with Crippen LogP contribution >= 0.6 is 24.0 Å². The van der Waals surface area contributed by atoms with E-state index in [1.807, 2.05) is 4.90 Å². The monoisotopic (exact) mass is 477 g/mol. The van der Waals surface area contributed by atoms with Gasteiger partial charge in [-0.1, -0.05) is 13.8 Å². The van der Waals surface area contributed by atoms with Crippen molar-refractivity contribution in [3.05, 3.63) is 30.1 Å². The molecule has 6 nitrogen and oxygen atoms in total. The predicted molar refractivity (Wildman–Crippen MR) is 115 cm³/mol. The largest absolute Gasteiger partial charge is 0.370 e. The number of anilines is 1. The highest BCUT2D eigenvalue weighted by Gasteiger charge is 2.20. The number of nitrogens with two attached hydrogens (primary N) is 1. The Labute approximate surface area is 172 Å². The predicted octanol–water partition coefficient (Wildman–Crippen LogP) is 2.04. The fourth-order valence-corrected chi connectivity index (χ4v) is 2.66. The van der Waals surface area contributed by atoms with E-state index in [-0.39, 0.29) is 35.7 Å². The first-order valence-electron chi connectivity index (χ1n) is 8.78. The van der Waals surface area contributed by atoms with E-state index in [4.69, 9.17) is 5.73 Å². The topological polar surface area (TPSA) is 74.0 Å². The van der Waals surface area contributed by atoms with Crippen molar-refractivity contribution < 1.29 is 9.18 Å². The molecular weight excluding hydrogens is 448 g/mol. The molecule has 3 N–H and O–H groups in total. The van der Waals surface area contributed by atoms with Gasteiger partial charge in [0.2, 0.25) is 5.91 Å². The second kappa shape index (κ2) is 11.2. The third-order valence-corrected chi connectivity index (χ3v) is 4.10. The zero-order valence-electron chi connectivity index (χ0n) is 15.4. The molecule has 0 saturated carbocycles. The van der Waals surface area contributed by atoms with E-state index in [0.29, 0.717) is 44.5 Å². The first-order chi connectivity index (χ1) is 12.0. The van der Waals surface area contributed by atoms with E-state index in [1.165, 1.54) is 12.1 Å². The Balaban J connectivity index is 0.00000338. The molecule has 1 saturated heterocycles. The number of nitrogens with zero attached hydrogens (tertiary/aromatic N) is 3. The standard InChI is InChI=1S/C18H28FN5O.HI/c1-14(2)13-22-18(20)21-8-7-17(25)24-11-9-23(10-12-24)16-5-3-15(19)4-6-16;/h3-6,14H,7-13H2,1-2H3,(H3,20,21,22);1H. The maximum atomic E-state index is 13.0. The lowest BCUT2D eigenvalue weighted by atomic mass is 10.2. The van der Waals surface area contributed by atoms with Crippen molar-refractivity contribution in [3.63, 3.8) is 0 Å². The minimum atomic E-state index is -0.235. The summed E-state index contributed by atoms with van der Waals surface area (Å²) in [5.41, 5.74) is 6.75. The molecule has 0 radical (unpaired) electrons. The highest BCUT2D eigenvalue weighted by Crippen LogP contribution is 2.17. The van der Waals surface area contributed by atoms with Gasteiger partial charge in [0.15, 0.2) is 5.96 Å². The number of nitrogens with one attached hydrogen (secondary N) is 1. The van der Waals surface area contributed by atoms with Crippen LogP contribution in [0.2, 0.25) is 0 Å². The van der Waals surface area contributed by atoms with Crippen LogP contribution in [0.15, 0.2) is 29.3 Å². The van der Waals surface area contributed by atoms with E-state index < -0.39 is 0 Å². The number of hydrogen-bond acceptors (Lipinski definition) is 3. The van der Waals surface area contributed by atoms with Crippen molar-refractivity contribution in [1.82, 2.24) is 10.2 Å². The van der Waals surface area contributed by atoms with Gasteiger partial charge in [-0.2, -0.15) is 0 Å². The van der Waals surface area contributed by atoms with Crippen LogP contribution in [0.5, 0.6) is 0 Å². The first-order valence-corrected chi connectivity index (χ1v) is 8.78. The van der Waals surface area contributed by atoms with Crippen LogP contribution in [0.25, 0.3) is 0 Å². The number of aliphatic imine (C=N–C) groups is 1. The number of carbonyl (C=O) groups is 1. The lowest BCUT2D eigenvalue weighted by molar-refractivity contribution is -0.131. The molecule has 0 aromatic heterocycles. The molecule has 1 aliphatic heterocycles. The molecule has 2 rings (SSSR count). The highest BCUT2D eigenvalue weighted by molar-refractivity contribution is 14.0. The smallest absolute Gasteiger partial charge is 0.224 e. The molecule has 1 fully saturated rings. The summed E-state index contributed by atoms with van der Waals surface area (Å²) in [5.74, 6) is 0.728. The van der Waals surface area contributed by atoms with Crippen LogP contribution in [0.1, 0.15) is 20.3 Å². The molecule has 1 heterocycles. The maximum absolute atomic E-state index is 13.0. The Kier molecular flexibility index (Phi) is 9.68. The normalized spacial score (nSPS) is 15.0. The maximum Gasteiger partial charge on any atom is 0.224 e. The van der Waals surface area contributed by atoms with Gasteiger partial charge in [-0.25, -0.2) is 4.39 Å². The summed E-state index contributed by atoms with van der Waals surface area (Å²) in [7, 11) is 0. The minimum Gasteiger partial charge on any atom is -0.370 e. The number of amides is 1. The molecule has 1 aromatic carbocycles. The Bertz CT molecular complexity index is 586. The average Bonchev–Trinajstić information content (AvgIpc) is 2.60. The zero-order valence-corrected chi connectivity index (χ0v) is 17.8. The van der Waals surface area contributed by atoms with E-state index in [2.05, 4.69) is 29.1 Å². The highest BCUT2D eigenvalue weighted by atomic mass is 127. The van der Waals surface area contributed by atoms with Gasteiger partial charge in [-0.05, 0) is 30.2 Å². The summed E-state index contributed by atoms with van der Waals surface area (Å²) in [5, 5.41) is 2.98. The summed E-state index contributed by atoms with van der Waals surface area (Å²) in [4.78, 5) is 20.5.